The maximum Gasteiger partial charge on any atom is 0.328 e. The topological polar surface area (TPSA) is 77.8 Å². The molecular weight excluding hydrogens is 232 g/mol. The van der Waals surface area contributed by atoms with Crippen LogP contribution in [0, 0.1) is 0 Å². The molecule has 0 aliphatic carbocycles. The van der Waals surface area contributed by atoms with Gasteiger partial charge in [-0.1, -0.05) is 17.7 Å². The zero-order chi connectivity index (χ0) is 12.1. The number of hydrogen-bond acceptors (Lipinski definition) is 3. The molecule has 1 rings (SSSR count). The Morgan fingerprint density at radius 3 is 2.75 bits per heavy atom. The lowest BCUT2D eigenvalue weighted by atomic mass is 10.1. The summed E-state index contributed by atoms with van der Waals surface area (Å²) in [5.41, 5.74) is 0.964. The van der Waals surface area contributed by atoms with Crippen LogP contribution in [0.2, 0.25) is 5.02 Å². The molecule has 0 spiro atoms. The number of aliphatic hydroxyl groups is 2. The van der Waals surface area contributed by atoms with Gasteiger partial charge in [-0.25, -0.2) is 4.79 Å². The fourth-order valence-corrected chi connectivity index (χ4v) is 1.43. The first kappa shape index (κ1) is 12.7. The first-order valence-corrected chi connectivity index (χ1v) is 4.91. The maximum atomic E-state index is 10.3. The third kappa shape index (κ3) is 3.34. The van der Waals surface area contributed by atoms with Gasteiger partial charge in [0.25, 0.3) is 0 Å². The fraction of sp³-hybridized carbons (Fsp3) is 0.182. The lowest BCUT2D eigenvalue weighted by Gasteiger charge is -2.10. The molecule has 0 radical (unpaired) electrons. The predicted octanol–water partition coefficient (Wildman–Crippen LogP) is 1.46. The lowest BCUT2D eigenvalue weighted by molar-refractivity contribution is -0.131. The third-order valence-corrected chi connectivity index (χ3v) is 2.31. The second kappa shape index (κ2) is 5.65. The molecule has 0 saturated heterocycles. The van der Waals surface area contributed by atoms with Gasteiger partial charge in [-0.15, -0.1) is 0 Å². The predicted molar refractivity (Wildman–Crippen MR) is 60.2 cm³/mol. The van der Waals surface area contributed by atoms with Crippen molar-refractivity contribution in [2.45, 2.75) is 6.10 Å². The van der Waals surface area contributed by atoms with Crippen molar-refractivity contribution in [3.05, 3.63) is 40.4 Å². The zero-order valence-electron chi connectivity index (χ0n) is 8.30. The van der Waals surface area contributed by atoms with Crippen LogP contribution in [0.4, 0.5) is 0 Å². The molecule has 0 amide bonds. The van der Waals surface area contributed by atoms with Gasteiger partial charge in [0.1, 0.15) is 6.10 Å². The van der Waals surface area contributed by atoms with Crippen LogP contribution in [-0.4, -0.2) is 27.9 Å². The highest BCUT2D eigenvalue weighted by Crippen LogP contribution is 2.24. The third-order valence-electron chi connectivity index (χ3n) is 1.97. The summed E-state index contributed by atoms with van der Waals surface area (Å²) in [6.45, 7) is -0.439. The van der Waals surface area contributed by atoms with Crippen molar-refractivity contribution in [2.24, 2.45) is 0 Å². The first-order valence-electron chi connectivity index (χ1n) is 4.54. The number of aliphatic hydroxyl groups excluding tert-OH is 2. The summed E-state index contributed by atoms with van der Waals surface area (Å²) < 4.78 is 0. The summed E-state index contributed by atoms with van der Waals surface area (Å²) in [7, 11) is 0. The number of carboxylic acid groups (broad SMARTS) is 1. The standard InChI is InChI=1S/C11H11ClO4/c12-9-3-1-7(2-4-11(15)16)5-8(9)10(14)6-13/h1-5,10,13-14H,6H2,(H,15,16)/b4-2+/t10-/m1/s1. The van der Waals surface area contributed by atoms with Crippen molar-refractivity contribution >= 4 is 23.6 Å². The molecule has 1 aromatic rings. The average Bonchev–Trinajstić information content (AvgIpc) is 2.27. The molecule has 0 aromatic heterocycles. The van der Waals surface area contributed by atoms with E-state index in [0.29, 0.717) is 16.1 Å². The Morgan fingerprint density at radius 1 is 1.50 bits per heavy atom. The van der Waals surface area contributed by atoms with E-state index < -0.39 is 18.7 Å². The number of aliphatic carboxylic acids is 1. The normalized spacial score (nSPS) is 12.9. The van der Waals surface area contributed by atoms with Crippen molar-refractivity contribution < 1.29 is 20.1 Å². The van der Waals surface area contributed by atoms with Gasteiger partial charge in [0, 0.05) is 16.7 Å². The first-order chi connectivity index (χ1) is 7.54. The summed E-state index contributed by atoms with van der Waals surface area (Å²) in [6.07, 6.45) is 1.30. The van der Waals surface area contributed by atoms with Gasteiger partial charge < -0.3 is 15.3 Å². The largest absolute Gasteiger partial charge is 0.478 e. The van der Waals surface area contributed by atoms with Crippen LogP contribution in [0.5, 0.6) is 0 Å². The van der Waals surface area contributed by atoms with Gasteiger partial charge in [0.2, 0.25) is 0 Å². The molecule has 1 atom stereocenters. The van der Waals surface area contributed by atoms with Crippen molar-refractivity contribution in [1.29, 1.82) is 0 Å². The van der Waals surface area contributed by atoms with E-state index in [4.69, 9.17) is 21.8 Å². The van der Waals surface area contributed by atoms with Crippen LogP contribution in [0.25, 0.3) is 6.08 Å². The van der Waals surface area contributed by atoms with E-state index in [0.717, 1.165) is 6.08 Å². The molecule has 0 unspecified atom stereocenters. The van der Waals surface area contributed by atoms with E-state index in [2.05, 4.69) is 0 Å². The summed E-state index contributed by atoms with van der Waals surface area (Å²) in [4.78, 5) is 10.3. The smallest absolute Gasteiger partial charge is 0.328 e. The van der Waals surface area contributed by atoms with E-state index in [1.807, 2.05) is 0 Å². The van der Waals surface area contributed by atoms with E-state index >= 15 is 0 Å². The Balaban J connectivity index is 3.02. The van der Waals surface area contributed by atoms with E-state index in [1.54, 1.807) is 6.07 Å². The van der Waals surface area contributed by atoms with Crippen molar-refractivity contribution in [1.82, 2.24) is 0 Å². The number of rotatable bonds is 4. The summed E-state index contributed by atoms with van der Waals surface area (Å²) in [5, 5.41) is 27.0. The van der Waals surface area contributed by atoms with Crippen LogP contribution in [-0.2, 0) is 4.79 Å². The van der Waals surface area contributed by atoms with E-state index in [1.165, 1.54) is 18.2 Å². The quantitative estimate of drug-likeness (QED) is 0.699. The van der Waals surface area contributed by atoms with Gasteiger partial charge in [-0.3, -0.25) is 0 Å². The monoisotopic (exact) mass is 242 g/mol. The van der Waals surface area contributed by atoms with Crippen LogP contribution in [0.3, 0.4) is 0 Å². The molecule has 0 aliphatic rings. The molecule has 1 aromatic carbocycles. The highest BCUT2D eigenvalue weighted by atomic mass is 35.5. The summed E-state index contributed by atoms with van der Waals surface area (Å²) in [6, 6.07) is 4.69. The van der Waals surface area contributed by atoms with Gasteiger partial charge in [-0.2, -0.15) is 0 Å². The molecule has 0 saturated carbocycles. The van der Waals surface area contributed by atoms with E-state index in [-0.39, 0.29) is 0 Å². The Labute approximate surface area is 97.4 Å². The van der Waals surface area contributed by atoms with Gasteiger partial charge >= 0.3 is 5.97 Å². The number of carboxylic acids is 1. The Kier molecular flexibility index (Phi) is 4.49. The Bertz CT molecular complexity index is 414. The summed E-state index contributed by atoms with van der Waals surface area (Å²) in [5.74, 6) is -1.06. The second-order valence-electron chi connectivity index (χ2n) is 3.15. The molecule has 3 N–H and O–H groups in total. The lowest BCUT2D eigenvalue weighted by Crippen LogP contribution is -2.03. The molecule has 0 fully saturated rings. The number of carbonyl (C=O) groups is 1. The molecule has 16 heavy (non-hydrogen) atoms. The minimum atomic E-state index is -1.06. The van der Waals surface area contributed by atoms with Gasteiger partial charge in [0.15, 0.2) is 0 Å². The molecule has 0 aliphatic heterocycles. The Morgan fingerprint density at radius 2 is 2.19 bits per heavy atom. The van der Waals surface area contributed by atoms with Gasteiger partial charge in [-0.05, 0) is 23.8 Å². The van der Waals surface area contributed by atoms with E-state index in [9.17, 15) is 9.90 Å². The highest BCUT2D eigenvalue weighted by Gasteiger charge is 2.10. The van der Waals surface area contributed by atoms with Gasteiger partial charge in [0.05, 0.1) is 6.61 Å². The number of halogens is 1. The molecular formula is C11H11ClO4. The average molecular weight is 243 g/mol. The number of benzene rings is 1. The minimum Gasteiger partial charge on any atom is -0.478 e. The molecule has 4 nitrogen and oxygen atoms in total. The van der Waals surface area contributed by atoms with Crippen molar-refractivity contribution in [2.75, 3.05) is 6.61 Å². The molecule has 86 valence electrons. The zero-order valence-corrected chi connectivity index (χ0v) is 9.05. The van der Waals surface area contributed by atoms with Crippen LogP contribution in [0.15, 0.2) is 24.3 Å². The van der Waals surface area contributed by atoms with Crippen molar-refractivity contribution in [3.8, 4) is 0 Å². The summed E-state index contributed by atoms with van der Waals surface area (Å²) >= 11 is 5.82. The molecule has 0 heterocycles. The minimum absolute atomic E-state index is 0.328. The SMILES string of the molecule is O=C(O)/C=C/c1ccc(Cl)c([C@H](O)CO)c1. The van der Waals surface area contributed by atoms with Crippen LogP contribution < -0.4 is 0 Å². The molecule has 5 heteroatoms. The second-order valence-corrected chi connectivity index (χ2v) is 3.56. The molecule has 0 bridgehead atoms. The highest BCUT2D eigenvalue weighted by molar-refractivity contribution is 6.31. The Hall–Kier alpha value is -1.36. The number of hydrogen-bond donors (Lipinski definition) is 3. The maximum absolute atomic E-state index is 10.3. The van der Waals surface area contributed by atoms with Crippen molar-refractivity contribution in [3.63, 3.8) is 0 Å². The van der Waals surface area contributed by atoms with Crippen LogP contribution in [0.1, 0.15) is 17.2 Å². The van der Waals surface area contributed by atoms with Crippen LogP contribution >= 0.6 is 11.6 Å². The fourth-order valence-electron chi connectivity index (χ4n) is 1.19.